The van der Waals surface area contributed by atoms with E-state index in [1.54, 1.807) is 5.48 Å². The lowest BCUT2D eigenvalue weighted by atomic mass is 10.1. The number of hydrogen-bond donors (Lipinski definition) is 3. The maximum absolute atomic E-state index is 12.8. The first-order chi connectivity index (χ1) is 10.6. The Bertz CT molecular complexity index is 718. The number of pyridine rings is 1. The van der Waals surface area contributed by atoms with Gasteiger partial charge in [-0.15, -0.1) is 0 Å². The average molecular weight is 350 g/mol. The standard InChI is InChI=1S/C13H17F3N4O2S/c1-23(22,20-12(17)19-21)10(6-8-2-3-8)9-4-5-11(18-7-9)13(14,15)16/h4-5,7-8,21H,2-3,6H2,1H3,(H3,17,19,20,22). The molecule has 1 aromatic rings. The van der Waals surface area contributed by atoms with Gasteiger partial charge in [-0.2, -0.15) is 17.6 Å². The summed E-state index contributed by atoms with van der Waals surface area (Å²) in [4.78, 5) is 3.77. The van der Waals surface area contributed by atoms with Gasteiger partial charge in [0.05, 0.1) is 9.71 Å². The second kappa shape index (κ2) is 6.36. The quantitative estimate of drug-likeness (QED) is 0.251. The van der Waals surface area contributed by atoms with Crippen LogP contribution in [0.2, 0.25) is 0 Å². The van der Waals surface area contributed by atoms with Crippen LogP contribution in [-0.4, -0.2) is 31.5 Å². The van der Waals surface area contributed by atoms with Crippen LogP contribution < -0.4 is 11.2 Å². The van der Waals surface area contributed by atoms with Gasteiger partial charge in [-0.3, -0.25) is 10.2 Å². The summed E-state index contributed by atoms with van der Waals surface area (Å²) in [5, 5.41) is 8.69. The van der Waals surface area contributed by atoms with Crippen LogP contribution in [0.1, 0.15) is 30.5 Å². The topological polar surface area (TPSA) is 101 Å². The van der Waals surface area contributed by atoms with Crippen molar-refractivity contribution >= 4 is 20.5 Å². The van der Waals surface area contributed by atoms with Crippen molar-refractivity contribution in [2.24, 2.45) is 16.0 Å². The maximum atomic E-state index is 12.8. The molecule has 0 radical (unpaired) electrons. The van der Waals surface area contributed by atoms with Crippen molar-refractivity contribution in [2.75, 3.05) is 6.26 Å². The first-order valence-corrected chi connectivity index (χ1v) is 8.70. The maximum Gasteiger partial charge on any atom is 0.433 e. The van der Waals surface area contributed by atoms with Gasteiger partial charge in [-0.05, 0) is 31.2 Å². The van der Waals surface area contributed by atoms with Gasteiger partial charge in [0.1, 0.15) is 5.69 Å². The van der Waals surface area contributed by atoms with Crippen LogP contribution in [0.3, 0.4) is 0 Å². The fraction of sp³-hybridized carbons (Fsp3) is 0.462. The zero-order valence-electron chi connectivity index (χ0n) is 12.3. The lowest BCUT2D eigenvalue weighted by Crippen LogP contribution is -2.30. The Morgan fingerprint density at radius 3 is 2.61 bits per heavy atom. The average Bonchev–Trinajstić information content (AvgIpc) is 3.27. The van der Waals surface area contributed by atoms with E-state index in [0.717, 1.165) is 25.1 Å². The number of guanidine groups is 1. The van der Waals surface area contributed by atoms with Crippen LogP contribution in [0.5, 0.6) is 0 Å². The lowest BCUT2D eigenvalue weighted by Gasteiger charge is -2.13. The Labute approximate surface area is 131 Å². The van der Waals surface area contributed by atoms with Crippen LogP contribution >= 0.6 is 0 Å². The van der Waals surface area contributed by atoms with Crippen molar-refractivity contribution in [1.82, 2.24) is 10.5 Å². The largest absolute Gasteiger partial charge is 0.433 e. The molecule has 1 aliphatic rings. The molecule has 23 heavy (non-hydrogen) atoms. The predicted molar refractivity (Wildman–Crippen MR) is 81.3 cm³/mol. The zero-order valence-corrected chi connectivity index (χ0v) is 13.1. The van der Waals surface area contributed by atoms with Crippen molar-refractivity contribution in [3.8, 4) is 0 Å². The normalized spacial score (nSPS) is 18.4. The van der Waals surface area contributed by atoms with E-state index in [0.29, 0.717) is 22.8 Å². The minimum absolute atomic E-state index is 0.326. The number of rotatable bonds is 4. The van der Waals surface area contributed by atoms with E-state index < -0.39 is 27.5 Å². The Balaban J connectivity index is 2.49. The molecule has 0 spiro atoms. The third kappa shape index (κ3) is 4.58. The van der Waals surface area contributed by atoms with Gasteiger partial charge in [-0.1, -0.05) is 6.07 Å². The molecule has 10 heteroatoms. The summed E-state index contributed by atoms with van der Waals surface area (Å²) in [6, 6.07) is 2.07. The molecule has 1 atom stereocenters. The van der Waals surface area contributed by atoms with E-state index in [9.17, 15) is 17.4 Å². The summed E-state index contributed by atoms with van der Waals surface area (Å²) >= 11 is 0. The van der Waals surface area contributed by atoms with E-state index in [4.69, 9.17) is 10.9 Å². The summed E-state index contributed by atoms with van der Waals surface area (Å²) in [6.07, 6.45) is 0.195. The lowest BCUT2D eigenvalue weighted by molar-refractivity contribution is -0.141. The second-order valence-electron chi connectivity index (χ2n) is 5.39. The van der Waals surface area contributed by atoms with E-state index >= 15 is 0 Å². The van der Waals surface area contributed by atoms with Crippen molar-refractivity contribution in [3.63, 3.8) is 0 Å². The van der Waals surface area contributed by atoms with Crippen LogP contribution in [-0.2, 0) is 15.9 Å². The minimum Gasteiger partial charge on any atom is -0.367 e. The van der Waals surface area contributed by atoms with Gasteiger partial charge in [0.15, 0.2) is 0 Å². The van der Waals surface area contributed by atoms with E-state index in [1.807, 2.05) is 0 Å². The van der Waals surface area contributed by atoms with Gasteiger partial charge in [0, 0.05) is 22.9 Å². The van der Waals surface area contributed by atoms with Gasteiger partial charge in [0.25, 0.3) is 0 Å². The van der Waals surface area contributed by atoms with Crippen molar-refractivity contribution in [3.05, 3.63) is 29.6 Å². The molecule has 128 valence electrons. The van der Waals surface area contributed by atoms with Gasteiger partial charge < -0.3 is 5.73 Å². The van der Waals surface area contributed by atoms with Gasteiger partial charge in [0.2, 0.25) is 5.96 Å². The molecule has 0 aliphatic heterocycles. The molecule has 1 aromatic heterocycles. The fourth-order valence-electron chi connectivity index (χ4n) is 2.06. The molecule has 1 aliphatic carbocycles. The number of nitrogens with zero attached hydrogens (tertiary/aromatic N) is 2. The number of hydroxylamine groups is 1. The molecule has 1 heterocycles. The highest BCUT2D eigenvalue weighted by Gasteiger charge is 2.32. The third-order valence-electron chi connectivity index (χ3n) is 3.39. The molecular formula is C13H17F3N4O2S. The predicted octanol–water partition coefficient (Wildman–Crippen LogP) is 1.54. The SMILES string of the molecule is CS(=O)(N=C(N)NO)=C(CC1CC1)c1ccc(C(F)(F)F)nc1. The molecule has 4 N–H and O–H groups in total. The monoisotopic (exact) mass is 350 g/mol. The molecule has 0 bridgehead atoms. The van der Waals surface area contributed by atoms with Crippen LogP contribution in [0.25, 0.3) is 0 Å². The van der Waals surface area contributed by atoms with E-state index in [2.05, 4.69) is 9.38 Å². The highest BCUT2D eigenvalue weighted by atomic mass is 32.2. The molecule has 2 rings (SSSR count). The number of nitrogens with two attached hydrogens (primary N) is 1. The summed E-state index contributed by atoms with van der Waals surface area (Å²) < 4.78 is 54.3. The number of hydrogen-bond acceptors (Lipinski definition) is 3. The molecule has 0 amide bonds. The van der Waals surface area contributed by atoms with E-state index in [-0.39, 0.29) is 0 Å². The first-order valence-electron chi connectivity index (χ1n) is 6.77. The Hall–Kier alpha value is -1.81. The summed E-state index contributed by atoms with van der Waals surface area (Å²) in [5.41, 5.74) is 6.24. The van der Waals surface area contributed by atoms with Crippen LogP contribution in [0.15, 0.2) is 22.7 Å². The van der Waals surface area contributed by atoms with Gasteiger partial charge in [-0.25, -0.2) is 9.69 Å². The minimum atomic E-state index is -4.54. The molecule has 1 fully saturated rings. The Morgan fingerprint density at radius 1 is 1.52 bits per heavy atom. The Morgan fingerprint density at radius 2 is 2.17 bits per heavy atom. The number of halogens is 3. The number of alkyl halides is 3. The molecule has 0 saturated heterocycles. The highest BCUT2D eigenvalue weighted by Crippen LogP contribution is 2.35. The number of aromatic nitrogens is 1. The van der Waals surface area contributed by atoms with Crippen molar-refractivity contribution in [2.45, 2.75) is 25.4 Å². The fourth-order valence-corrected chi connectivity index (χ4v) is 3.69. The summed E-state index contributed by atoms with van der Waals surface area (Å²) in [5.74, 6) is -0.0998. The second-order valence-corrected chi connectivity index (χ2v) is 7.67. The summed E-state index contributed by atoms with van der Waals surface area (Å²) in [6.45, 7) is 0. The molecule has 1 saturated carbocycles. The summed E-state index contributed by atoms with van der Waals surface area (Å²) in [7, 11) is -3.00. The van der Waals surface area contributed by atoms with E-state index in [1.165, 1.54) is 12.3 Å². The van der Waals surface area contributed by atoms with Crippen LogP contribution in [0.4, 0.5) is 13.2 Å². The third-order valence-corrected chi connectivity index (χ3v) is 5.25. The van der Waals surface area contributed by atoms with Crippen molar-refractivity contribution < 1.29 is 22.6 Å². The molecule has 1 unspecified atom stereocenters. The number of nitrogens with one attached hydrogen (secondary N) is 1. The molecule has 0 aromatic carbocycles. The molecule has 6 nitrogen and oxygen atoms in total. The van der Waals surface area contributed by atoms with Gasteiger partial charge >= 0.3 is 6.18 Å². The Kier molecular flexibility index (Phi) is 4.85. The first kappa shape index (κ1) is 17.5. The van der Waals surface area contributed by atoms with Crippen molar-refractivity contribution in [1.29, 1.82) is 0 Å². The highest BCUT2D eigenvalue weighted by molar-refractivity contribution is 8.01. The van der Waals surface area contributed by atoms with Crippen LogP contribution in [0, 0.1) is 5.92 Å². The molecular weight excluding hydrogens is 333 g/mol. The smallest absolute Gasteiger partial charge is 0.367 e. The zero-order chi connectivity index (χ0) is 17.3.